The molecule has 0 radical (unpaired) electrons. The third-order valence-electron chi connectivity index (χ3n) is 3.62. The second-order valence-electron chi connectivity index (χ2n) is 5.57. The molecule has 0 spiro atoms. The Bertz CT molecular complexity index is 322. The first kappa shape index (κ1) is 21.2. The van der Waals surface area contributed by atoms with Crippen LogP contribution in [0.2, 0.25) is 0 Å². The second kappa shape index (κ2) is 16.6. The van der Waals surface area contributed by atoms with Gasteiger partial charge in [-0.05, 0) is 6.42 Å². The van der Waals surface area contributed by atoms with Gasteiger partial charge in [-0.15, -0.1) is 0 Å². The molecule has 3 nitrogen and oxygen atoms in total. The highest BCUT2D eigenvalue weighted by Crippen LogP contribution is 2.10. The molecule has 0 aliphatic carbocycles. The van der Waals surface area contributed by atoms with E-state index >= 15 is 0 Å². The second-order valence-corrected chi connectivity index (χ2v) is 5.57. The van der Waals surface area contributed by atoms with Crippen LogP contribution in [0, 0.1) is 0 Å². The van der Waals surface area contributed by atoms with Crippen molar-refractivity contribution >= 4 is 0 Å². The molecular weight excluding hydrogens is 298 g/mol. The van der Waals surface area contributed by atoms with E-state index in [9.17, 15) is 0 Å². The van der Waals surface area contributed by atoms with Crippen molar-refractivity contribution in [2.24, 2.45) is 0 Å². The van der Waals surface area contributed by atoms with Crippen molar-refractivity contribution in [2.75, 3.05) is 13.4 Å². The molecule has 0 unspecified atom stereocenters. The summed E-state index contributed by atoms with van der Waals surface area (Å²) in [4.78, 5) is 5.39. The number of rotatable bonds is 14. The van der Waals surface area contributed by atoms with Gasteiger partial charge in [0.2, 0.25) is 12.4 Å². The van der Waals surface area contributed by atoms with Crippen LogP contribution in [-0.4, -0.2) is 13.4 Å². The van der Waals surface area contributed by atoms with E-state index in [4.69, 9.17) is 9.57 Å². The quantitative estimate of drug-likeness (QED) is 0.292. The van der Waals surface area contributed by atoms with Gasteiger partial charge in [0.25, 0.3) is 6.79 Å². The maximum absolute atomic E-state index is 5.47. The zero-order valence-electron chi connectivity index (χ0n) is 14.0. The van der Waals surface area contributed by atoms with Crippen molar-refractivity contribution in [1.29, 1.82) is 0 Å². The van der Waals surface area contributed by atoms with E-state index < -0.39 is 0 Å². The van der Waals surface area contributed by atoms with Crippen molar-refractivity contribution in [3.05, 3.63) is 30.6 Å². The van der Waals surface area contributed by atoms with Gasteiger partial charge in [-0.3, -0.25) is 0 Å². The van der Waals surface area contributed by atoms with E-state index in [1.165, 1.54) is 57.8 Å². The van der Waals surface area contributed by atoms with Crippen LogP contribution >= 0.6 is 0 Å². The van der Waals surface area contributed by atoms with Gasteiger partial charge < -0.3 is 17.1 Å². The molecule has 0 aromatic carbocycles. The molecule has 0 saturated carbocycles. The molecule has 0 atom stereocenters. The molecule has 128 valence electrons. The van der Waals surface area contributed by atoms with Crippen LogP contribution in [0.25, 0.3) is 0 Å². The molecule has 1 aromatic heterocycles. The molecule has 0 amide bonds. The summed E-state index contributed by atoms with van der Waals surface area (Å²) >= 11 is 0. The molecule has 1 heterocycles. The van der Waals surface area contributed by atoms with E-state index in [1.54, 1.807) is 4.73 Å². The Labute approximate surface area is 142 Å². The van der Waals surface area contributed by atoms with Crippen molar-refractivity contribution in [3.63, 3.8) is 0 Å². The molecule has 0 N–H and O–H groups in total. The number of pyridine rings is 1. The van der Waals surface area contributed by atoms with E-state index in [1.807, 2.05) is 30.6 Å². The monoisotopic (exact) mass is 329 g/mol. The van der Waals surface area contributed by atoms with Crippen LogP contribution in [-0.2, 0) is 4.74 Å². The van der Waals surface area contributed by atoms with Gasteiger partial charge in [-0.25, -0.2) is 4.84 Å². The number of aromatic nitrogens is 1. The largest absolute Gasteiger partial charge is 1.00 e. The third kappa shape index (κ3) is 12.9. The van der Waals surface area contributed by atoms with Crippen molar-refractivity contribution < 1.29 is 26.7 Å². The van der Waals surface area contributed by atoms with Gasteiger partial charge in [0.1, 0.15) is 0 Å². The number of unbranched alkanes of at least 4 members (excludes halogenated alkanes) is 9. The number of hydrogen-bond acceptors (Lipinski definition) is 2. The predicted molar refractivity (Wildman–Crippen MR) is 85.9 cm³/mol. The smallest absolute Gasteiger partial charge is 0.260 e. The SMILES string of the molecule is CCCCCCCCCCCCOCO[n+]1ccccc1.[Cl-]. The summed E-state index contributed by atoms with van der Waals surface area (Å²) in [5.74, 6) is 0. The fraction of sp³-hybridized carbons (Fsp3) is 0.722. The highest BCUT2D eigenvalue weighted by atomic mass is 35.5. The van der Waals surface area contributed by atoms with Crippen LogP contribution in [0.1, 0.15) is 71.1 Å². The first-order chi connectivity index (χ1) is 10.4. The first-order valence-electron chi connectivity index (χ1n) is 8.61. The zero-order chi connectivity index (χ0) is 15.0. The van der Waals surface area contributed by atoms with Crippen LogP contribution in [0.3, 0.4) is 0 Å². The van der Waals surface area contributed by atoms with Gasteiger partial charge in [0.15, 0.2) is 0 Å². The lowest BCUT2D eigenvalue weighted by Gasteiger charge is -2.03. The Hall–Kier alpha value is -0.800. The Morgan fingerprint density at radius 1 is 0.727 bits per heavy atom. The molecule has 0 aliphatic rings. The molecular formula is C18H32ClNO2. The number of hydrogen-bond donors (Lipinski definition) is 0. The summed E-state index contributed by atoms with van der Waals surface area (Å²) in [6.45, 7) is 3.39. The van der Waals surface area contributed by atoms with Crippen molar-refractivity contribution in [3.8, 4) is 0 Å². The maximum atomic E-state index is 5.47. The highest BCUT2D eigenvalue weighted by molar-refractivity contribution is 4.83. The zero-order valence-corrected chi connectivity index (χ0v) is 14.8. The van der Waals surface area contributed by atoms with Crippen LogP contribution in [0.4, 0.5) is 0 Å². The van der Waals surface area contributed by atoms with Crippen molar-refractivity contribution in [2.45, 2.75) is 71.1 Å². The van der Waals surface area contributed by atoms with Crippen LogP contribution < -0.4 is 22.0 Å². The maximum Gasteiger partial charge on any atom is 0.260 e. The van der Waals surface area contributed by atoms with Gasteiger partial charge in [0.05, 0.1) is 6.61 Å². The van der Waals surface area contributed by atoms with Gasteiger partial charge >= 0.3 is 0 Å². The first-order valence-corrected chi connectivity index (χ1v) is 8.61. The Balaban J connectivity index is 0.00000441. The third-order valence-corrected chi connectivity index (χ3v) is 3.62. The topological polar surface area (TPSA) is 22.3 Å². The lowest BCUT2D eigenvalue weighted by atomic mass is 10.1. The number of nitrogens with zero attached hydrogens (tertiary/aromatic N) is 1. The Morgan fingerprint density at radius 3 is 1.86 bits per heavy atom. The van der Waals surface area contributed by atoms with Crippen molar-refractivity contribution in [1.82, 2.24) is 0 Å². The standard InChI is InChI=1S/C18H32NO2.ClH/c1-2-3-4-5-6-7-8-9-10-14-17-20-18-21-19-15-12-11-13-16-19;/h11-13,15-16H,2-10,14,17-18H2,1H3;1H/q+1;/p-1. The summed E-state index contributed by atoms with van der Waals surface area (Å²) in [5, 5.41) is 0. The molecule has 1 aromatic rings. The number of ether oxygens (including phenoxy) is 1. The van der Waals surface area contributed by atoms with Crippen LogP contribution in [0.15, 0.2) is 30.6 Å². The fourth-order valence-corrected chi connectivity index (χ4v) is 2.32. The molecule has 22 heavy (non-hydrogen) atoms. The minimum atomic E-state index is 0. The van der Waals surface area contributed by atoms with Crippen LogP contribution in [0.5, 0.6) is 0 Å². The fourth-order valence-electron chi connectivity index (χ4n) is 2.32. The van der Waals surface area contributed by atoms with E-state index in [2.05, 4.69) is 6.92 Å². The molecule has 4 heteroatoms. The summed E-state index contributed by atoms with van der Waals surface area (Å²) < 4.78 is 7.13. The van der Waals surface area contributed by atoms with Gasteiger partial charge in [0, 0.05) is 16.9 Å². The van der Waals surface area contributed by atoms with E-state index in [0.717, 1.165) is 13.0 Å². The summed E-state index contributed by atoms with van der Waals surface area (Å²) in [6, 6.07) is 5.83. The average Bonchev–Trinajstić information content (AvgIpc) is 2.53. The lowest BCUT2D eigenvalue weighted by molar-refractivity contribution is -0.897. The molecule has 0 aliphatic heterocycles. The molecule has 1 rings (SSSR count). The normalized spacial score (nSPS) is 10.2. The molecule has 0 fully saturated rings. The Kier molecular flexibility index (Phi) is 16.0. The molecule has 0 saturated heterocycles. The summed E-state index contributed by atoms with van der Waals surface area (Å²) in [6.07, 6.45) is 17.3. The van der Waals surface area contributed by atoms with Gasteiger partial charge in [-0.1, -0.05) is 70.8 Å². The minimum Gasteiger partial charge on any atom is -1.00 e. The highest BCUT2D eigenvalue weighted by Gasteiger charge is 1.98. The van der Waals surface area contributed by atoms with E-state index in [-0.39, 0.29) is 12.4 Å². The minimum absolute atomic E-state index is 0. The summed E-state index contributed by atoms with van der Waals surface area (Å²) in [7, 11) is 0. The lowest BCUT2D eigenvalue weighted by Crippen LogP contribution is -3.00. The Morgan fingerprint density at radius 2 is 1.27 bits per heavy atom. The average molecular weight is 330 g/mol. The number of halogens is 1. The van der Waals surface area contributed by atoms with E-state index in [0.29, 0.717) is 6.79 Å². The van der Waals surface area contributed by atoms with Gasteiger partial charge in [-0.2, -0.15) is 0 Å². The molecule has 0 bridgehead atoms. The summed E-state index contributed by atoms with van der Waals surface area (Å²) in [5.41, 5.74) is 0. The predicted octanol–water partition coefficient (Wildman–Crippen LogP) is 1.30.